The van der Waals surface area contributed by atoms with Gasteiger partial charge in [-0.1, -0.05) is 0 Å². The van der Waals surface area contributed by atoms with Crippen LogP contribution in [0.5, 0.6) is 0 Å². The lowest BCUT2D eigenvalue weighted by atomic mass is 10.1. The molecule has 12 heavy (non-hydrogen) atoms. The second-order valence-electron chi connectivity index (χ2n) is 3.05. The highest BCUT2D eigenvalue weighted by Gasteiger charge is 2.27. The molecule has 1 amide bonds. The average Bonchev–Trinajstić information content (AvgIpc) is 1.99. The Labute approximate surface area is 72.1 Å². The first-order valence-corrected chi connectivity index (χ1v) is 4.19. The molecule has 1 saturated heterocycles. The Hall–Kier alpha value is -0.610. The minimum Gasteiger partial charge on any atom is -0.389 e. The van der Waals surface area contributed by atoms with Gasteiger partial charge in [0, 0.05) is 33.2 Å². The number of rotatable bonds is 4. The van der Waals surface area contributed by atoms with Gasteiger partial charge >= 0.3 is 0 Å². The maximum absolute atomic E-state index is 11.2. The first kappa shape index (κ1) is 9.48. The third-order valence-corrected chi connectivity index (χ3v) is 1.95. The zero-order valence-electron chi connectivity index (χ0n) is 7.32. The van der Waals surface area contributed by atoms with Crippen LogP contribution in [0.25, 0.3) is 0 Å². The molecule has 1 heterocycles. The highest BCUT2D eigenvalue weighted by Crippen LogP contribution is 2.09. The van der Waals surface area contributed by atoms with Crippen LogP contribution in [0.4, 0.5) is 0 Å². The van der Waals surface area contributed by atoms with Gasteiger partial charge in [0.15, 0.2) is 0 Å². The van der Waals surface area contributed by atoms with E-state index in [1.54, 1.807) is 12.0 Å². The molecular formula is C8H15NO3. The normalized spacial score (nSPS) is 17.7. The van der Waals surface area contributed by atoms with Gasteiger partial charge in [-0.2, -0.15) is 0 Å². The summed E-state index contributed by atoms with van der Waals surface area (Å²) in [7, 11) is 1.62. The van der Waals surface area contributed by atoms with E-state index in [2.05, 4.69) is 0 Å². The van der Waals surface area contributed by atoms with Gasteiger partial charge in [-0.3, -0.25) is 4.79 Å². The summed E-state index contributed by atoms with van der Waals surface area (Å²) in [4.78, 5) is 12.9. The third-order valence-electron chi connectivity index (χ3n) is 1.95. The Bertz CT molecular complexity index is 154. The van der Waals surface area contributed by atoms with E-state index in [0.717, 1.165) is 6.42 Å². The Morgan fingerprint density at radius 3 is 2.83 bits per heavy atom. The van der Waals surface area contributed by atoms with Crippen molar-refractivity contribution in [3.05, 3.63) is 0 Å². The summed E-state index contributed by atoms with van der Waals surface area (Å²) in [6.45, 7) is 1.64. The lowest BCUT2D eigenvalue weighted by Gasteiger charge is -2.35. The highest BCUT2D eigenvalue weighted by molar-refractivity contribution is 5.77. The van der Waals surface area contributed by atoms with Crippen molar-refractivity contribution in [2.75, 3.05) is 26.8 Å². The van der Waals surface area contributed by atoms with Gasteiger partial charge < -0.3 is 14.7 Å². The average molecular weight is 173 g/mol. The summed E-state index contributed by atoms with van der Waals surface area (Å²) in [5, 5.41) is 8.92. The van der Waals surface area contributed by atoms with Crippen LogP contribution in [-0.2, 0) is 9.53 Å². The lowest BCUT2D eigenvalue weighted by Crippen LogP contribution is -2.53. The molecule has 4 heteroatoms. The summed E-state index contributed by atoms with van der Waals surface area (Å²) < 4.78 is 4.82. The van der Waals surface area contributed by atoms with E-state index in [1.165, 1.54) is 0 Å². The zero-order chi connectivity index (χ0) is 8.97. The van der Waals surface area contributed by atoms with Crippen LogP contribution in [0, 0.1) is 0 Å². The second kappa shape index (κ2) is 4.42. The highest BCUT2D eigenvalue weighted by atomic mass is 16.5. The molecule has 0 aliphatic carbocycles. The van der Waals surface area contributed by atoms with Gasteiger partial charge in [0.1, 0.15) is 0 Å². The van der Waals surface area contributed by atoms with Gasteiger partial charge in [-0.25, -0.2) is 0 Å². The summed E-state index contributed by atoms with van der Waals surface area (Å²) in [5.74, 6) is 0.123. The molecule has 1 aliphatic heterocycles. The van der Waals surface area contributed by atoms with Crippen molar-refractivity contribution >= 4 is 5.91 Å². The largest absolute Gasteiger partial charge is 0.389 e. The Morgan fingerprint density at radius 1 is 1.67 bits per heavy atom. The lowest BCUT2D eigenvalue weighted by molar-refractivity contribution is -0.141. The molecular weight excluding hydrogens is 158 g/mol. The van der Waals surface area contributed by atoms with Crippen LogP contribution >= 0.6 is 0 Å². The molecule has 0 saturated carbocycles. The van der Waals surface area contributed by atoms with Crippen molar-refractivity contribution in [1.29, 1.82) is 0 Å². The number of nitrogens with zero attached hydrogens (tertiary/aromatic N) is 1. The fourth-order valence-corrected chi connectivity index (χ4v) is 1.18. The standard InChI is InChI=1S/C8H15NO3/c1-12-4-2-3-8(11)9-5-7(10)6-9/h7,10H,2-6H2,1H3. The minimum absolute atomic E-state index is 0.123. The zero-order valence-corrected chi connectivity index (χ0v) is 7.32. The molecule has 0 radical (unpaired) electrons. The third kappa shape index (κ3) is 2.46. The van der Waals surface area contributed by atoms with E-state index in [4.69, 9.17) is 9.84 Å². The molecule has 0 aromatic heterocycles. The van der Waals surface area contributed by atoms with E-state index in [1.807, 2.05) is 0 Å². The van der Waals surface area contributed by atoms with Crippen LogP contribution in [0.15, 0.2) is 0 Å². The van der Waals surface area contributed by atoms with Crippen molar-refractivity contribution in [2.24, 2.45) is 0 Å². The fourth-order valence-electron chi connectivity index (χ4n) is 1.18. The number of likely N-dealkylation sites (tertiary alicyclic amines) is 1. The number of aliphatic hydroxyl groups is 1. The van der Waals surface area contributed by atoms with Crippen LogP contribution in [-0.4, -0.2) is 48.8 Å². The molecule has 0 spiro atoms. The van der Waals surface area contributed by atoms with Gasteiger partial charge in [0.25, 0.3) is 0 Å². The molecule has 1 fully saturated rings. The van der Waals surface area contributed by atoms with Crippen molar-refractivity contribution in [2.45, 2.75) is 18.9 Å². The maximum Gasteiger partial charge on any atom is 0.222 e. The first-order chi connectivity index (χ1) is 5.74. The molecule has 0 unspecified atom stereocenters. The first-order valence-electron chi connectivity index (χ1n) is 4.19. The summed E-state index contributed by atoms with van der Waals surface area (Å²) in [6, 6.07) is 0. The Kier molecular flexibility index (Phi) is 3.49. The number of amides is 1. The van der Waals surface area contributed by atoms with Crippen LogP contribution in [0.3, 0.4) is 0 Å². The number of hydrogen-bond donors (Lipinski definition) is 1. The van der Waals surface area contributed by atoms with Crippen LogP contribution < -0.4 is 0 Å². The Morgan fingerprint density at radius 2 is 2.33 bits per heavy atom. The van der Waals surface area contributed by atoms with E-state index in [-0.39, 0.29) is 12.0 Å². The molecule has 0 aromatic carbocycles. The quantitative estimate of drug-likeness (QED) is 0.589. The number of β-amino-alcohol motifs (C(OH)–C–C–N with tert-alkyl or cyclic N) is 1. The molecule has 0 bridgehead atoms. The van der Waals surface area contributed by atoms with Gasteiger partial charge in [0.05, 0.1) is 6.10 Å². The minimum atomic E-state index is -0.295. The summed E-state index contributed by atoms with van der Waals surface area (Å²) >= 11 is 0. The smallest absolute Gasteiger partial charge is 0.222 e. The number of ether oxygens (including phenoxy) is 1. The van der Waals surface area contributed by atoms with Crippen molar-refractivity contribution < 1.29 is 14.6 Å². The molecule has 0 aromatic rings. The SMILES string of the molecule is COCCCC(=O)N1CC(O)C1. The van der Waals surface area contributed by atoms with E-state index < -0.39 is 0 Å². The predicted molar refractivity (Wildman–Crippen MR) is 43.7 cm³/mol. The molecule has 1 rings (SSSR count). The predicted octanol–water partition coefficient (Wildman–Crippen LogP) is -0.384. The molecule has 1 N–H and O–H groups in total. The van der Waals surface area contributed by atoms with E-state index >= 15 is 0 Å². The van der Waals surface area contributed by atoms with E-state index in [9.17, 15) is 4.79 Å². The number of aliphatic hydroxyl groups excluding tert-OH is 1. The van der Waals surface area contributed by atoms with Crippen molar-refractivity contribution in [1.82, 2.24) is 4.90 Å². The number of methoxy groups -OCH3 is 1. The Balaban J connectivity index is 2.04. The molecule has 70 valence electrons. The molecule has 0 atom stereocenters. The van der Waals surface area contributed by atoms with Crippen LogP contribution in [0.1, 0.15) is 12.8 Å². The van der Waals surface area contributed by atoms with Gasteiger partial charge in [-0.15, -0.1) is 0 Å². The van der Waals surface area contributed by atoms with Crippen molar-refractivity contribution in [3.63, 3.8) is 0 Å². The van der Waals surface area contributed by atoms with Gasteiger partial charge in [-0.05, 0) is 6.42 Å². The van der Waals surface area contributed by atoms with Crippen LogP contribution in [0.2, 0.25) is 0 Å². The molecule has 1 aliphatic rings. The van der Waals surface area contributed by atoms with Crippen molar-refractivity contribution in [3.8, 4) is 0 Å². The van der Waals surface area contributed by atoms with Gasteiger partial charge in [0.2, 0.25) is 5.91 Å². The number of hydrogen-bond acceptors (Lipinski definition) is 3. The number of carbonyl (C=O) groups is 1. The summed E-state index contributed by atoms with van der Waals surface area (Å²) in [5.41, 5.74) is 0. The second-order valence-corrected chi connectivity index (χ2v) is 3.05. The maximum atomic E-state index is 11.2. The fraction of sp³-hybridized carbons (Fsp3) is 0.875. The topological polar surface area (TPSA) is 49.8 Å². The molecule has 4 nitrogen and oxygen atoms in total. The number of carbonyl (C=O) groups excluding carboxylic acids is 1. The van der Waals surface area contributed by atoms with E-state index in [0.29, 0.717) is 26.1 Å². The summed E-state index contributed by atoms with van der Waals surface area (Å²) in [6.07, 6.45) is 0.999. The monoisotopic (exact) mass is 173 g/mol.